The summed E-state index contributed by atoms with van der Waals surface area (Å²) in [7, 11) is 0. The van der Waals surface area contributed by atoms with E-state index in [0.29, 0.717) is 17.8 Å². The van der Waals surface area contributed by atoms with Crippen molar-refractivity contribution in [3.63, 3.8) is 0 Å². The molecule has 1 saturated heterocycles. The summed E-state index contributed by atoms with van der Waals surface area (Å²) in [5, 5.41) is 6.00. The molecular weight excluding hydrogens is 400 g/mol. The Kier molecular flexibility index (Phi) is 8.30. The highest BCUT2D eigenvalue weighted by Gasteiger charge is 2.33. The van der Waals surface area contributed by atoms with Gasteiger partial charge < -0.3 is 15.5 Å². The zero-order valence-electron chi connectivity index (χ0n) is 17.5. The smallest absolute Gasteiger partial charge is 0.262 e. The third-order valence-electron chi connectivity index (χ3n) is 5.22. The van der Waals surface area contributed by atoms with Gasteiger partial charge in [-0.05, 0) is 49.9 Å². The maximum atomic E-state index is 12.4. The summed E-state index contributed by atoms with van der Waals surface area (Å²) in [6.07, 6.45) is 6.71. The van der Waals surface area contributed by atoms with Crippen LogP contribution < -0.4 is 10.6 Å². The maximum Gasteiger partial charge on any atom is 0.262 e. The molecule has 8 heteroatoms. The number of thioether (sulfide) groups is 1. The largest absolute Gasteiger partial charge is 0.352 e. The highest BCUT2D eigenvalue weighted by atomic mass is 32.2. The minimum atomic E-state index is -0.463. The Morgan fingerprint density at radius 1 is 1.13 bits per heavy atom. The zero-order valence-corrected chi connectivity index (χ0v) is 18.3. The van der Waals surface area contributed by atoms with Gasteiger partial charge in [-0.3, -0.25) is 14.4 Å². The fourth-order valence-electron chi connectivity index (χ4n) is 3.49. The van der Waals surface area contributed by atoms with Gasteiger partial charge in [0.25, 0.3) is 11.8 Å². The first-order valence-corrected chi connectivity index (χ1v) is 11.7. The lowest BCUT2D eigenvalue weighted by Crippen LogP contribution is -2.33. The summed E-state index contributed by atoms with van der Waals surface area (Å²) in [5.74, 6) is -0.571. The van der Waals surface area contributed by atoms with E-state index in [1.54, 1.807) is 24.3 Å². The third-order valence-corrected chi connectivity index (χ3v) is 6.44. The van der Waals surface area contributed by atoms with Crippen LogP contribution in [0.5, 0.6) is 0 Å². The Balaban J connectivity index is 1.45. The molecule has 0 aromatic heterocycles. The Labute approximate surface area is 182 Å². The number of aliphatic imine (C=N–C) groups is 1. The van der Waals surface area contributed by atoms with Crippen molar-refractivity contribution in [2.45, 2.75) is 57.1 Å². The number of anilines is 1. The van der Waals surface area contributed by atoms with Crippen molar-refractivity contribution in [1.82, 2.24) is 10.2 Å². The summed E-state index contributed by atoms with van der Waals surface area (Å²) in [4.78, 5) is 43.0. The second kappa shape index (κ2) is 11.2. The van der Waals surface area contributed by atoms with E-state index in [1.807, 2.05) is 0 Å². The second-order valence-electron chi connectivity index (χ2n) is 7.68. The van der Waals surface area contributed by atoms with Gasteiger partial charge >= 0.3 is 0 Å². The van der Waals surface area contributed by atoms with E-state index in [2.05, 4.69) is 27.4 Å². The van der Waals surface area contributed by atoms with Crippen molar-refractivity contribution < 1.29 is 14.4 Å². The number of likely N-dealkylation sites (tertiary alicyclic amines) is 1. The molecule has 2 heterocycles. The molecule has 0 aliphatic carbocycles. The average Bonchev–Trinajstić information content (AvgIpc) is 3.12. The number of rotatable bonds is 8. The number of hydrogen-bond donors (Lipinski definition) is 2. The quantitative estimate of drug-likeness (QED) is 0.617. The van der Waals surface area contributed by atoms with Gasteiger partial charge in [-0.15, -0.1) is 0 Å². The van der Waals surface area contributed by atoms with Crippen LogP contribution in [0.25, 0.3) is 0 Å². The molecule has 2 aliphatic rings. The van der Waals surface area contributed by atoms with E-state index in [0.717, 1.165) is 50.4 Å². The van der Waals surface area contributed by atoms with Gasteiger partial charge in [0.05, 0.1) is 0 Å². The molecule has 0 spiro atoms. The molecule has 2 aliphatic heterocycles. The molecule has 2 N–H and O–H groups in total. The van der Waals surface area contributed by atoms with Crippen LogP contribution in [-0.4, -0.2) is 52.7 Å². The van der Waals surface area contributed by atoms with E-state index in [1.165, 1.54) is 18.2 Å². The SMILES string of the molecule is CCCCCNC(=O)c1ccc(NC(=O)C[C@@H]2SC(N3CCCCC3)=NC2=O)cc1. The van der Waals surface area contributed by atoms with Crippen molar-refractivity contribution >= 4 is 40.3 Å². The van der Waals surface area contributed by atoms with Crippen LogP contribution in [0.15, 0.2) is 29.3 Å². The number of piperidine rings is 1. The minimum Gasteiger partial charge on any atom is -0.352 e. The van der Waals surface area contributed by atoms with Crippen LogP contribution in [0.1, 0.15) is 62.2 Å². The molecule has 1 fully saturated rings. The lowest BCUT2D eigenvalue weighted by molar-refractivity contribution is -0.121. The topological polar surface area (TPSA) is 90.9 Å². The highest BCUT2D eigenvalue weighted by molar-refractivity contribution is 8.15. The fourth-order valence-corrected chi connectivity index (χ4v) is 4.61. The Bertz CT molecular complexity index is 788. The second-order valence-corrected chi connectivity index (χ2v) is 8.85. The van der Waals surface area contributed by atoms with Crippen LogP contribution in [0.4, 0.5) is 5.69 Å². The van der Waals surface area contributed by atoms with Gasteiger partial charge in [-0.25, -0.2) is 0 Å². The molecule has 0 unspecified atom stereocenters. The van der Waals surface area contributed by atoms with Gasteiger partial charge in [-0.2, -0.15) is 4.99 Å². The summed E-state index contributed by atoms with van der Waals surface area (Å²) >= 11 is 1.39. The van der Waals surface area contributed by atoms with Gasteiger partial charge in [0, 0.05) is 37.3 Å². The standard InChI is InChI=1S/C22H30N4O3S/c1-2-3-5-12-23-20(28)16-8-10-17(11-9-16)24-19(27)15-18-21(29)25-22(30-18)26-13-6-4-7-14-26/h8-11,18H,2-7,12-15H2,1H3,(H,23,28)(H,24,27)/t18-/m0/s1. The molecule has 0 bridgehead atoms. The number of carbonyl (C=O) groups excluding carboxylic acids is 3. The summed E-state index contributed by atoms with van der Waals surface area (Å²) < 4.78 is 0. The first-order chi connectivity index (χ1) is 14.6. The van der Waals surface area contributed by atoms with Crippen molar-refractivity contribution in [3.8, 4) is 0 Å². The van der Waals surface area contributed by atoms with E-state index < -0.39 is 5.25 Å². The number of benzene rings is 1. The molecule has 1 atom stereocenters. The lowest BCUT2D eigenvalue weighted by Gasteiger charge is -2.27. The lowest BCUT2D eigenvalue weighted by atomic mass is 10.1. The zero-order chi connectivity index (χ0) is 21.3. The van der Waals surface area contributed by atoms with Crippen molar-refractivity contribution in [1.29, 1.82) is 0 Å². The van der Waals surface area contributed by atoms with Crippen molar-refractivity contribution in [2.75, 3.05) is 25.0 Å². The first kappa shape index (κ1) is 22.3. The highest BCUT2D eigenvalue weighted by Crippen LogP contribution is 2.29. The Morgan fingerprint density at radius 2 is 1.87 bits per heavy atom. The monoisotopic (exact) mass is 430 g/mol. The van der Waals surface area contributed by atoms with Crippen molar-refractivity contribution in [2.24, 2.45) is 4.99 Å². The minimum absolute atomic E-state index is 0.0873. The number of nitrogens with one attached hydrogen (secondary N) is 2. The molecule has 7 nitrogen and oxygen atoms in total. The fraction of sp³-hybridized carbons (Fsp3) is 0.545. The molecule has 3 amide bonds. The van der Waals surface area contributed by atoms with Crippen LogP contribution in [0.2, 0.25) is 0 Å². The molecule has 1 aromatic rings. The first-order valence-electron chi connectivity index (χ1n) is 10.8. The number of unbranched alkanes of at least 4 members (excludes halogenated alkanes) is 2. The molecule has 1 aromatic carbocycles. The van der Waals surface area contributed by atoms with Crippen LogP contribution in [0.3, 0.4) is 0 Å². The number of hydrogen-bond acceptors (Lipinski definition) is 5. The predicted octanol–water partition coefficient (Wildman–Crippen LogP) is 3.42. The Morgan fingerprint density at radius 3 is 2.57 bits per heavy atom. The van der Waals surface area contributed by atoms with E-state index in [4.69, 9.17) is 0 Å². The number of amidine groups is 1. The number of carbonyl (C=O) groups is 3. The van der Waals surface area contributed by atoms with Gasteiger partial charge in [0.2, 0.25) is 5.91 Å². The van der Waals surface area contributed by atoms with Gasteiger partial charge in [0.15, 0.2) is 5.17 Å². The van der Waals surface area contributed by atoms with Crippen LogP contribution in [-0.2, 0) is 9.59 Å². The normalized spacial score (nSPS) is 18.8. The summed E-state index contributed by atoms with van der Waals surface area (Å²) in [6.45, 7) is 4.64. The third kappa shape index (κ3) is 6.32. The molecule has 30 heavy (non-hydrogen) atoms. The molecule has 3 rings (SSSR count). The Hall–Kier alpha value is -2.35. The molecule has 0 radical (unpaired) electrons. The van der Waals surface area contributed by atoms with E-state index in [-0.39, 0.29) is 24.1 Å². The summed E-state index contributed by atoms with van der Waals surface area (Å²) in [5.41, 5.74) is 1.17. The number of nitrogens with zero attached hydrogens (tertiary/aromatic N) is 2. The maximum absolute atomic E-state index is 12.4. The molecule has 0 saturated carbocycles. The van der Waals surface area contributed by atoms with E-state index >= 15 is 0 Å². The van der Waals surface area contributed by atoms with Crippen LogP contribution in [0, 0.1) is 0 Å². The molecular formula is C22H30N4O3S. The summed E-state index contributed by atoms with van der Waals surface area (Å²) in [6, 6.07) is 6.80. The van der Waals surface area contributed by atoms with Gasteiger partial charge in [0.1, 0.15) is 5.25 Å². The van der Waals surface area contributed by atoms with Gasteiger partial charge in [-0.1, -0.05) is 31.5 Å². The van der Waals surface area contributed by atoms with Crippen LogP contribution >= 0.6 is 11.8 Å². The average molecular weight is 431 g/mol. The molecule has 162 valence electrons. The van der Waals surface area contributed by atoms with Crippen molar-refractivity contribution in [3.05, 3.63) is 29.8 Å². The number of amides is 3. The predicted molar refractivity (Wildman–Crippen MR) is 121 cm³/mol. The van der Waals surface area contributed by atoms with E-state index in [9.17, 15) is 14.4 Å².